The van der Waals surface area contributed by atoms with Crippen LogP contribution in [0.5, 0.6) is 17.2 Å². The lowest BCUT2D eigenvalue weighted by Crippen LogP contribution is -2.35. The van der Waals surface area contributed by atoms with Crippen molar-refractivity contribution in [1.29, 1.82) is 0 Å². The topological polar surface area (TPSA) is 84.9 Å². The molecule has 0 unspecified atom stereocenters. The molecule has 0 aliphatic heterocycles. The van der Waals surface area contributed by atoms with Gasteiger partial charge in [0.2, 0.25) is 15.9 Å². The first-order valence-corrected chi connectivity index (χ1v) is 11.0. The van der Waals surface area contributed by atoms with Gasteiger partial charge >= 0.3 is 0 Å². The number of likely N-dealkylation sites (N-methyl/N-ethyl adjacent to an activating group) is 1. The van der Waals surface area contributed by atoms with Gasteiger partial charge in [-0.2, -0.15) is 4.31 Å². The highest BCUT2D eigenvalue weighted by molar-refractivity contribution is 7.89. The Hall–Kier alpha value is -3.07. The number of rotatable bonds is 8. The highest BCUT2D eigenvalue weighted by Crippen LogP contribution is 2.29. The minimum Gasteiger partial charge on any atom is -0.495 e. The Morgan fingerprint density at radius 1 is 1.00 bits per heavy atom. The maximum atomic E-state index is 12.9. The number of nitrogens with one attached hydrogen (secondary N) is 1. The van der Waals surface area contributed by atoms with Gasteiger partial charge in [-0.1, -0.05) is 29.8 Å². The molecule has 1 amide bonds. The first-order chi connectivity index (χ1) is 14.8. The number of halogens is 1. The average Bonchev–Trinajstić information content (AvgIpc) is 2.75. The van der Waals surface area contributed by atoms with E-state index in [9.17, 15) is 13.2 Å². The molecule has 7 nitrogen and oxygen atoms in total. The van der Waals surface area contributed by atoms with Crippen molar-refractivity contribution in [2.75, 3.05) is 26.0 Å². The second kappa shape index (κ2) is 9.82. The maximum absolute atomic E-state index is 12.9. The van der Waals surface area contributed by atoms with Crippen LogP contribution in [0.4, 0.5) is 5.69 Å². The fourth-order valence-electron chi connectivity index (χ4n) is 2.74. The Balaban J connectivity index is 1.64. The summed E-state index contributed by atoms with van der Waals surface area (Å²) in [6.45, 7) is -0.389. The molecule has 31 heavy (non-hydrogen) atoms. The summed E-state index contributed by atoms with van der Waals surface area (Å²) >= 11 is 5.93. The molecule has 3 aromatic rings. The molecule has 0 fully saturated rings. The summed E-state index contributed by atoms with van der Waals surface area (Å²) in [5.74, 6) is 0.953. The van der Waals surface area contributed by atoms with E-state index in [0.29, 0.717) is 17.2 Å². The Labute approximate surface area is 186 Å². The van der Waals surface area contributed by atoms with Crippen molar-refractivity contribution in [2.24, 2.45) is 0 Å². The smallest absolute Gasteiger partial charge is 0.247 e. The van der Waals surface area contributed by atoms with E-state index in [1.165, 1.54) is 32.4 Å². The standard InChI is InChI=1S/C22H21ClN2O5S/c1-25(31(27,28)21-14-16(23)8-13-20(21)29-2)15-22(26)24-17-9-11-19(12-10-17)30-18-6-4-3-5-7-18/h3-14H,15H2,1-2H3,(H,24,26). The normalized spacial score (nSPS) is 11.2. The van der Waals surface area contributed by atoms with E-state index in [1.54, 1.807) is 24.3 Å². The second-order valence-electron chi connectivity index (χ2n) is 6.54. The summed E-state index contributed by atoms with van der Waals surface area (Å²) in [5, 5.41) is 2.91. The minimum atomic E-state index is -3.99. The molecule has 0 aliphatic carbocycles. The van der Waals surface area contributed by atoms with Crippen LogP contribution >= 0.6 is 11.6 Å². The summed E-state index contributed by atoms with van der Waals surface area (Å²) in [7, 11) is -1.32. The molecule has 0 spiro atoms. The van der Waals surface area contributed by atoms with E-state index in [2.05, 4.69) is 5.32 Å². The van der Waals surface area contributed by atoms with Gasteiger partial charge in [0.05, 0.1) is 13.7 Å². The van der Waals surface area contributed by atoms with Gasteiger partial charge in [0, 0.05) is 17.8 Å². The molecule has 0 saturated carbocycles. The van der Waals surface area contributed by atoms with Crippen LogP contribution in [-0.4, -0.2) is 39.3 Å². The first kappa shape index (κ1) is 22.6. The molecule has 3 rings (SSSR count). The number of ether oxygens (including phenoxy) is 2. The number of methoxy groups -OCH3 is 1. The predicted molar refractivity (Wildman–Crippen MR) is 119 cm³/mol. The lowest BCUT2D eigenvalue weighted by molar-refractivity contribution is -0.116. The number of benzene rings is 3. The van der Waals surface area contributed by atoms with Gasteiger partial charge in [-0.05, 0) is 54.6 Å². The van der Waals surface area contributed by atoms with Crippen molar-refractivity contribution in [1.82, 2.24) is 4.31 Å². The Morgan fingerprint density at radius 2 is 1.65 bits per heavy atom. The molecule has 0 saturated heterocycles. The van der Waals surface area contributed by atoms with E-state index < -0.39 is 15.9 Å². The number of hydrogen-bond acceptors (Lipinski definition) is 5. The summed E-state index contributed by atoms with van der Waals surface area (Å²) in [6, 6.07) is 20.3. The van der Waals surface area contributed by atoms with Gasteiger partial charge in [0.1, 0.15) is 22.1 Å². The van der Waals surface area contributed by atoms with Crippen molar-refractivity contribution in [3.8, 4) is 17.2 Å². The lowest BCUT2D eigenvalue weighted by atomic mass is 10.3. The first-order valence-electron chi connectivity index (χ1n) is 9.22. The molecule has 1 N–H and O–H groups in total. The quantitative estimate of drug-likeness (QED) is 0.538. The van der Waals surface area contributed by atoms with Gasteiger partial charge in [0.25, 0.3) is 0 Å². The molecule has 162 valence electrons. The number of para-hydroxylation sites is 1. The van der Waals surface area contributed by atoms with Crippen LogP contribution < -0.4 is 14.8 Å². The van der Waals surface area contributed by atoms with Crippen LogP contribution in [0.2, 0.25) is 5.02 Å². The predicted octanol–water partition coefficient (Wildman–Crippen LogP) is 4.40. The van der Waals surface area contributed by atoms with Gasteiger partial charge in [0.15, 0.2) is 0 Å². The van der Waals surface area contributed by atoms with Gasteiger partial charge in [-0.3, -0.25) is 4.79 Å². The fraction of sp³-hybridized carbons (Fsp3) is 0.136. The molecule has 0 aromatic heterocycles. The number of carbonyl (C=O) groups excluding carboxylic acids is 1. The Kier molecular flexibility index (Phi) is 7.17. The second-order valence-corrected chi connectivity index (χ2v) is 8.99. The molecule has 0 atom stereocenters. The number of amides is 1. The van der Waals surface area contributed by atoms with Gasteiger partial charge in [-0.15, -0.1) is 0 Å². The van der Waals surface area contributed by atoms with Crippen LogP contribution in [0.1, 0.15) is 0 Å². The summed E-state index contributed by atoms with van der Waals surface area (Å²) in [5.41, 5.74) is 0.511. The average molecular weight is 461 g/mol. The summed E-state index contributed by atoms with van der Waals surface area (Å²) < 4.78 is 37.5. The molecular weight excluding hydrogens is 440 g/mol. The van der Waals surface area contributed by atoms with E-state index in [1.807, 2.05) is 30.3 Å². The number of anilines is 1. The van der Waals surface area contributed by atoms with E-state index in [-0.39, 0.29) is 22.2 Å². The SMILES string of the molecule is COc1ccc(Cl)cc1S(=O)(=O)N(C)CC(=O)Nc1ccc(Oc2ccccc2)cc1. The van der Waals surface area contributed by atoms with Gasteiger partial charge < -0.3 is 14.8 Å². The molecule has 0 bridgehead atoms. The number of hydrogen-bond donors (Lipinski definition) is 1. The lowest BCUT2D eigenvalue weighted by Gasteiger charge is -2.18. The third-order valence-corrected chi connectivity index (χ3v) is 6.36. The molecule has 9 heteroatoms. The van der Waals surface area contributed by atoms with Crippen molar-refractivity contribution >= 4 is 33.2 Å². The number of carbonyl (C=O) groups is 1. The third-order valence-electron chi connectivity index (χ3n) is 4.30. The van der Waals surface area contributed by atoms with Gasteiger partial charge in [-0.25, -0.2) is 8.42 Å². The highest BCUT2D eigenvalue weighted by atomic mass is 35.5. The van der Waals surface area contributed by atoms with E-state index >= 15 is 0 Å². The largest absolute Gasteiger partial charge is 0.495 e. The van der Waals surface area contributed by atoms with Crippen LogP contribution in [0.3, 0.4) is 0 Å². The molecule has 0 radical (unpaired) electrons. The zero-order chi connectivity index (χ0) is 22.4. The van der Waals surface area contributed by atoms with E-state index in [4.69, 9.17) is 21.1 Å². The van der Waals surface area contributed by atoms with Crippen molar-refractivity contribution in [2.45, 2.75) is 4.90 Å². The maximum Gasteiger partial charge on any atom is 0.247 e. The number of sulfonamides is 1. The minimum absolute atomic E-state index is 0.111. The Bertz CT molecular complexity index is 1150. The van der Waals surface area contributed by atoms with Crippen molar-refractivity contribution in [3.63, 3.8) is 0 Å². The zero-order valence-electron chi connectivity index (χ0n) is 16.9. The third kappa shape index (κ3) is 5.75. The van der Waals surface area contributed by atoms with Crippen LogP contribution in [-0.2, 0) is 14.8 Å². The fourth-order valence-corrected chi connectivity index (χ4v) is 4.28. The molecular formula is C22H21ClN2O5S. The molecule has 3 aromatic carbocycles. The zero-order valence-corrected chi connectivity index (χ0v) is 18.5. The molecule has 0 heterocycles. The van der Waals surface area contributed by atoms with Crippen molar-refractivity contribution in [3.05, 3.63) is 77.8 Å². The Morgan fingerprint density at radius 3 is 2.29 bits per heavy atom. The monoisotopic (exact) mass is 460 g/mol. The molecule has 0 aliphatic rings. The summed E-state index contributed by atoms with van der Waals surface area (Å²) in [6.07, 6.45) is 0. The van der Waals surface area contributed by atoms with E-state index in [0.717, 1.165) is 4.31 Å². The van der Waals surface area contributed by atoms with Crippen LogP contribution in [0.15, 0.2) is 77.7 Å². The van der Waals surface area contributed by atoms with Crippen LogP contribution in [0, 0.1) is 0 Å². The summed E-state index contributed by atoms with van der Waals surface area (Å²) in [4.78, 5) is 12.3. The highest BCUT2D eigenvalue weighted by Gasteiger charge is 2.26. The number of nitrogens with zero attached hydrogens (tertiary/aromatic N) is 1. The van der Waals surface area contributed by atoms with Crippen molar-refractivity contribution < 1.29 is 22.7 Å². The van der Waals surface area contributed by atoms with Crippen LogP contribution in [0.25, 0.3) is 0 Å².